The summed E-state index contributed by atoms with van der Waals surface area (Å²) in [5.41, 5.74) is 9.74. The second-order valence-electron chi connectivity index (χ2n) is 4.39. The third kappa shape index (κ3) is 1.68. The Bertz CT molecular complexity index is 753. The quantitative estimate of drug-likeness (QED) is 0.537. The zero-order valence-electron chi connectivity index (χ0n) is 9.94. The van der Waals surface area contributed by atoms with Crippen molar-refractivity contribution in [1.29, 1.82) is 0 Å². The molecular formula is C14H12ClN3. The van der Waals surface area contributed by atoms with Crippen molar-refractivity contribution in [3.8, 4) is 0 Å². The number of alkyl halides is 1. The molecule has 0 radical (unpaired) electrons. The summed E-state index contributed by atoms with van der Waals surface area (Å²) in [4.78, 5) is 8.75. The number of aromatic nitrogens is 2. The molecule has 2 heterocycles. The van der Waals surface area contributed by atoms with Crippen LogP contribution in [-0.4, -0.2) is 9.97 Å². The Labute approximate surface area is 110 Å². The van der Waals surface area contributed by atoms with Crippen molar-refractivity contribution in [1.82, 2.24) is 9.97 Å². The van der Waals surface area contributed by atoms with Crippen LogP contribution in [0.2, 0.25) is 0 Å². The van der Waals surface area contributed by atoms with Crippen LogP contribution in [0, 0.1) is 6.92 Å². The summed E-state index contributed by atoms with van der Waals surface area (Å²) in [6, 6.07) is 8.18. The monoisotopic (exact) mass is 257 g/mol. The highest BCUT2D eigenvalue weighted by molar-refractivity contribution is 6.17. The van der Waals surface area contributed by atoms with Gasteiger partial charge >= 0.3 is 0 Å². The molecule has 0 atom stereocenters. The SMILES string of the molecule is Cc1ccc2c(c1)nc(N)c1ncc(CCl)cc12. The molecule has 3 nitrogen and oxygen atoms in total. The van der Waals surface area contributed by atoms with Gasteiger partial charge in [0, 0.05) is 22.8 Å². The van der Waals surface area contributed by atoms with Crippen molar-refractivity contribution in [3.63, 3.8) is 0 Å². The Morgan fingerprint density at radius 1 is 1.22 bits per heavy atom. The molecule has 0 amide bonds. The van der Waals surface area contributed by atoms with Crippen LogP contribution in [0.5, 0.6) is 0 Å². The minimum absolute atomic E-state index is 0.443. The third-order valence-electron chi connectivity index (χ3n) is 3.03. The molecule has 3 aromatic rings. The first kappa shape index (κ1) is 11.2. The fourth-order valence-corrected chi connectivity index (χ4v) is 2.28. The predicted octanol–water partition coefficient (Wildman–Crippen LogP) is 3.41. The van der Waals surface area contributed by atoms with Gasteiger partial charge in [0.25, 0.3) is 0 Å². The summed E-state index contributed by atoms with van der Waals surface area (Å²) in [5, 5.41) is 2.07. The molecule has 18 heavy (non-hydrogen) atoms. The number of hydrogen-bond acceptors (Lipinski definition) is 3. The molecule has 0 aliphatic rings. The molecule has 0 saturated heterocycles. The molecule has 1 aromatic carbocycles. The molecule has 0 unspecified atom stereocenters. The van der Waals surface area contributed by atoms with Gasteiger partial charge in [-0.3, -0.25) is 4.98 Å². The molecule has 0 bridgehead atoms. The second-order valence-corrected chi connectivity index (χ2v) is 4.66. The lowest BCUT2D eigenvalue weighted by atomic mass is 10.1. The first-order chi connectivity index (χ1) is 8.69. The maximum atomic E-state index is 5.96. The number of aryl methyl sites for hydroxylation is 1. The van der Waals surface area contributed by atoms with Gasteiger partial charge in [-0.1, -0.05) is 12.1 Å². The number of hydrogen-bond donors (Lipinski definition) is 1. The average Bonchev–Trinajstić information content (AvgIpc) is 2.38. The third-order valence-corrected chi connectivity index (χ3v) is 3.33. The lowest BCUT2D eigenvalue weighted by molar-refractivity contribution is 1.29. The summed E-state index contributed by atoms with van der Waals surface area (Å²) in [6.07, 6.45) is 1.74. The summed E-state index contributed by atoms with van der Waals surface area (Å²) < 4.78 is 0. The van der Waals surface area contributed by atoms with Crippen LogP contribution < -0.4 is 5.73 Å². The zero-order chi connectivity index (χ0) is 12.7. The van der Waals surface area contributed by atoms with Crippen molar-refractivity contribution in [3.05, 3.63) is 41.6 Å². The standard InChI is InChI=1S/C14H12ClN3/c1-8-2-3-10-11-5-9(6-15)7-17-13(11)14(16)18-12(10)4-8/h2-5,7H,6H2,1H3,(H2,16,18). The Kier molecular flexibility index (Phi) is 2.56. The van der Waals surface area contributed by atoms with Gasteiger partial charge < -0.3 is 5.73 Å². The van der Waals surface area contributed by atoms with Crippen LogP contribution >= 0.6 is 11.6 Å². The largest absolute Gasteiger partial charge is 0.382 e. The molecular weight excluding hydrogens is 246 g/mol. The van der Waals surface area contributed by atoms with E-state index >= 15 is 0 Å². The Hall–Kier alpha value is -1.87. The van der Waals surface area contributed by atoms with E-state index in [0.29, 0.717) is 11.7 Å². The van der Waals surface area contributed by atoms with Crippen molar-refractivity contribution in [2.75, 3.05) is 5.73 Å². The normalized spacial score (nSPS) is 11.2. The molecule has 3 rings (SSSR count). The molecule has 0 saturated carbocycles. The van der Waals surface area contributed by atoms with Gasteiger partial charge in [-0.05, 0) is 30.2 Å². The maximum Gasteiger partial charge on any atom is 0.150 e. The Morgan fingerprint density at radius 3 is 2.83 bits per heavy atom. The lowest BCUT2D eigenvalue weighted by Crippen LogP contribution is -1.96. The van der Waals surface area contributed by atoms with Crippen LogP contribution in [0.3, 0.4) is 0 Å². The minimum Gasteiger partial charge on any atom is -0.382 e. The van der Waals surface area contributed by atoms with E-state index in [1.807, 2.05) is 19.1 Å². The maximum absolute atomic E-state index is 5.96. The van der Waals surface area contributed by atoms with Gasteiger partial charge in [0.1, 0.15) is 5.52 Å². The smallest absolute Gasteiger partial charge is 0.150 e. The van der Waals surface area contributed by atoms with Crippen molar-refractivity contribution >= 4 is 39.2 Å². The number of anilines is 1. The van der Waals surface area contributed by atoms with E-state index in [1.54, 1.807) is 6.20 Å². The fourth-order valence-electron chi connectivity index (χ4n) is 2.14. The molecule has 4 heteroatoms. The van der Waals surface area contributed by atoms with Crippen LogP contribution in [0.4, 0.5) is 5.82 Å². The van der Waals surface area contributed by atoms with E-state index in [4.69, 9.17) is 17.3 Å². The second kappa shape index (κ2) is 4.10. The summed E-state index contributed by atoms with van der Waals surface area (Å²) in [6.45, 7) is 2.04. The highest BCUT2D eigenvalue weighted by Crippen LogP contribution is 2.27. The van der Waals surface area contributed by atoms with Crippen molar-refractivity contribution in [2.24, 2.45) is 0 Å². The van der Waals surface area contributed by atoms with Crippen molar-refractivity contribution < 1.29 is 0 Å². The molecule has 2 aromatic heterocycles. The molecule has 2 N–H and O–H groups in total. The van der Waals surface area contributed by atoms with Crippen LogP contribution in [0.1, 0.15) is 11.1 Å². The van der Waals surface area contributed by atoms with E-state index in [0.717, 1.165) is 32.9 Å². The molecule has 0 fully saturated rings. The Balaban J connectivity index is 2.50. The number of pyridine rings is 2. The van der Waals surface area contributed by atoms with E-state index in [2.05, 4.69) is 22.1 Å². The summed E-state index contributed by atoms with van der Waals surface area (Å²) in [5.74, 6) is 0.905. The van der Waals surface area contributed by atoms with Gasteiger partial charge in [-0.15, -0.1) is 11.6 Å². The van der Waals surface area contributed by atoms with Gasteiger partial charge in [0.05, 0.1) is 5.52 Å². The average molecular weight is 258 g/mol. The predicted molar refractivity (Wildman–Crippen MR) is 75.8 cm³/mol. The van der Waals surface area contributed by atoms with Gasteiger partial charge in [0.2, 0.25) is 0 Å². The highest BCUT2D eigenvalue weighted by Gasteiger charge is 2.08. The molecule has 0 aliphatic heterocycles. The zero-order valence-corrected chi connectivity index (χ0v) is 10.7. The van der Waals surface area contributed by atoms with E-state index in [-0.39, 0.29) is 0 Å². The van der Waals surface area contributed by atoms with Crippen molar-refractivity contribution in [2.45, 2.75) is 12.8 Å². The number of nitrogens with two attached hydrogens (primary N) is 1. The van der Waals surface area contributed by atoms with Gasteiger partial charge in [-0.25, -0.2) is 4.98 Å². The minimum atomic E-state index is 0.443. The summed E-state index contributed by atoms with van der Waals surface area (Å²) >= 11 is 5.86. The van der Waals surface area contributed by atoms with Crippen LogP contribution in [-0.2, 0) is 5.88 Å². The number of benzene rings is 1. The number of fused-ring (bicyclic) bond motifs is 3. The van der Waals surface area contributed by atoms with E-state index < -0.39 is 0 Å². The van der Waals surface area contributed by atoms with Gasteiger partial charge in [-0.2, -0.15) is 0 Å². The van der Waals surface area contributed by atoms with Crippen LogP contribution in [0.25, 0.3) is 21.8 Å². The molecule has 0 aliphatic carbocycles. The number of halogens is 1. The topological polar surface area (TPSA) is 51.8 Å². The first-order valence-electron chi connectivity index (χ1n) is 5.69. The highest BCUT2D eigenvalue weighted by atomic mass is 35.5. The first-order valence-corrected chi connectivity index (χ1v) is 6.23. The number of nitrogens with zero attached hydrogens (tertiary/aromatic N) is 2. The van der Waals surface area contributed by atoms with Gasteiger partial charge in [0.15, 0.2) is 5.82 Å². The summed E-state index contributed by atoms with van der Waals surface area (Å²) in [7, 11) is 0. The number of nitrogen functional groups attached to an aromatic ring is 1. The van der Waals surface area contributed by atoms with Crippen LogP contribution in [0.15, 0.2) is 30.5 Å². The number of rotatable bonds is 1. The van der Waals surface area contributed by atoms with E-state index in [9.17, 15) is 0 Å². The van der Waals surface area contributed by atoms with E-state index in [1.165, 1.54) is 0 Å². The molecule has 90 valence electrons. The fraction of sp³-hybridized carbons (Fsp3) is 0.143. The Morgan fingerprint density at radius 2 is 2.06 bits per heavy atom. The lowest BCUT2D eigenvalue weighted by Gasteiger charge is -2.07. The molecule has 0 spiro atoms.